The fraction of sp³-hybridized carbons (Fsp3) is 0.769. The van der Waals surface area contributed by atoms with Crippen LogP contribution >= 0.6 is 0 Å². The van der Waals surface area contributed by atoms with Gasteiger partial charge in [0, 0.05) is 5.92 Å². The Balaban J connectivity index is 1.79. The highest BCUT2D eigenvalue weighted by atomic mass is 16.2. The molecule has 1 aromatic heterocycles. The van der Waals surface area contributed by atoms with E-state index in [4.69, 9.17) is 5.84 Å². The second-order valence-corrected chi connectivity index (χ2v) is 6.55. The molecule has 4 fully saturated rings. The number of rotatable bonds is 1. The number of hydrogen-bond acceptors (Lipinski definition) is 4. The average Bonchev–Trinajstić information content (AvgIpc) is 2.37. The number of aromatic nitrogens is 3. The van der Waals surface area contributed by atoms with Gasteiger partial charge in [0.1, 0.15) is 5.69 Å². The first kappa shape index (κ1) is 11.3. The van der Waals surface area contributed by atoms with Gasteiger partial charge in [-0.1, -0.05) is 0 Å². The van der Waals surface area contributed by atoms with Crippen LogP contribution in [0.4, 0.5) is 0 Å². The zero-order chi connectivity index (χ0) is 13.1. The molecule has 0 saturated heterocycles. The molecule has 0 spiro atoms. The van der Waals surface area contributed by atoms with Gasteiger partial charge < -0.3 is 5.84 Å². The summed E-state index contributed by atoms with van der Waals surface area (Å²) in [4.78, 5) is 23.5. The molecular formula is C13H18N4O2. The standard InChI is InChI=1S/C13H18N4O2/c14-17-12(18)11(15-16-13(17)19)10-8-2-6-1-7(4-8)5-9(10)3-6/h6-10H,1-5,14H2,(H,16,19). The van der Waals surface area contributed by atoms with Gasteiger partial charge in [0.2, 0.25) is 0 Å². The van der Waals surface area contributed by atoms with E-state index in [9.17, 15) is 9.59 Å². The number of nitrogen functional groups attached to an aromatic ring is 1. The van der Waals surface area contributed by atoms with Crippen molar-refractivity contribution in [2.24, 2.45) is 23.7 Å². The molecule has 0 aromatic carbocycles. The number of nitrogens with one attached hydrogen (secondary N) is 1. The minimum absolute atomic E-state index is 0.201. The molecule has 6 heteroatoms. The molecular weight excluding hydrogens is 244 g/mol. The second-order valence-electron chi connectivity index (χ2n) is 6.55. The van der Waals surface area contributed by atoms with Gasteiger partial charge in [-0.05, 0) is 55.8 Å². The molecule has 0 unspecified atom stereocenters. The molecule has 19 heavy (non-hydrogen) atoms. The Hall–Kier alpha value is -1.59. The van der Waals surface area contributed by atoms with Crippen molar-refractivity contribution in [3.63, 3.8) is 0 Å². The molecule has 6 nitrogen and oxygen atoms in total. The third-order valence-electron chi connectivity index (χ3n) is 5.47. The summed E-state index contributed by atoms with van der Waals surface area (Å²) in [6.45, 7) is 0. The van der Waals surface area contributed by atoms with Gasteiger partial charge in [0.25, 0.3) is 5.56 Å². The number of hydrogen-bond donors (Lipinski definition) is 2. The van der Waals surface area contributed by atoms with Crippen LogP contribution in [-0.4, -0.2) is 14.9 Å². The highest BCUT2D eigenvalue weighted by Gasteiger charge is 2.50. The third kappa shape index (κ3) is 1.52. The lowest BCUT2D eigenvalue weighted by Gasteiger charge is -2.53. The van der Waals surface area contributed by atoms with Gasteiger partial charge in [-0.3, -0.25) is 4.79 Å². The Morgan fingerprint density at radius 3 is 2.21 bits per heavy atom. The third-order valence-corrected chi connectivity index (χ3v) is 5.47. The summed E-state index contributed by atoms with van der Waals surface area (Å²) in [7, 11) is 0. The van der Waals surface area contributed by atoms with E-state index in [1.165, 1.54) is 32.1 Å². The van der Waals surface area contributed by atoms with Crippen molar-refractivity contribution in [2.45, 2.75) is 38.0 Å². The molecule has 1 heterocycles. The summed E-state index contributed by atoms with van der Waals surface area (Å²) in [6.07, 6.45) is 6.22. The number of nitrogens with two attached hydrogens (primary N) is 1. The molecule has 3 N–H and O–H groups in total. The van der Waals surface area contributed by atoms with E-state index in [2.05, 4.69) is 10.2 Å². The highest BCUT2D eigenvalue weighted by molar-refractivity contribution is 5.14. The van der Waals surface area contributed by atoms with Crippen LogP contribution in [0.2, 0.25) is 0 Å². The molecule has 4 bridgehead atoms. The predicted molar refractivity (Wildman–Crippen MR) is 69.1 cm³/mol. The van der Waals surface area contributed by atoms with E-state index in [1.807, 2.05) is 0 Å². The van der Waals surface area contributed by atoms with Crippen LogP contribution in [-0.2, 0) is 0 Å². The Morgan fingerprint density at radius 2 is 1.63 bits per heavy atom. The number of H-pyrrole nitrogens is 1. The predicted octanol–water partition coefficient (Wildman–Crippen LogP) is 0.185. The van der Waals surface area contributed by atoms with Gasteiger partial charge in [-0.15, -0.1) is 0 Å². The molecule has 4 aliphatic carbocycles. The van der Waals surface area contributed by atoms with Gasteiger partial charge in [-0.2, -0.15) is 9.77 Å². The summed E-state index contributed by atoms with van der Waals surface area (Å²) >= 11 is 0. The molecule has 1 aromatic rings. The molecule has 0 amide bonds. The molecule has 0 atom stereocenters. The Labute approximate surface area is 110 Å². The van der Waals surface area contributed by atoms with Crippen LogP contribution in [0.15, 0.2) is 9.59 Å². The van der Waals surface area contributed by atoms with Crippen molar-refractivity contribution in [1.29, 1.82) is 0 Å². The second kappa shape index (κ2) is 3.71. The maximum atomic E-state index is 12.2. The van der Waals surface area contributed by atoms with E-state index < -0.39 is 11.2 Å². The maximum Gasteiger partial charge on any atom is 0.363 e. The molecule has 4 aliphatic rings. The van der Waals surface area contributed by atoms with Crippen LogP contribution < -0.4 is 17.1 Å². The van der Waals surface area contributed by atoms with Crippen LogP contribution in [0.3, 0.4) is 0 Å². The SMILES string of the molecule is Nn1c(=O)[nH]nc(C2C3CC4CC(C3)CC2C4)c1=O. The first-order chi connectivity index (χ1) is 9.13. The Bertz CT molecular complexity index is 604. The smallest absolute Gasteiger partial charge is 0.332 e. The molecule has 5 rings (SSSR count). The summed E-state index contributed by atoms with van der Waals surface area (Å²) in [5.74, 6) is 8.51. The lowest BCUT2D eigenvalue weighted by molar-refractivity contribution is -0.00513. The average molecular weight is 262 g/mol. The molecule has 0 aliphatic heterocycles. The Kier molecular flexibility index (Phi) is 2.20. The van der Waals surface area contributed by atoms with Crippen molar-refractivity contribution in [2.75, 3.05) is 5.84 Å². The topological polar surface area (TPSA) is 93.8 Å². The van der Waals surface area contributed by atoms with E-state index in [0.717, 1.165) is 11.8 Å². The van der Waals surface area contributed by atoms with E-state index in [0.29, 0.717) is 22.2 Å². The van der Waals surface area contributed by atoms with Crippen molar-refractivity contribution < 1.29 is 0 Å². The Morgan fingerprint density at radius 1 is 1.05 bits per heavy atom. The molecule has 102 valence electrons. The van der Waals surface area contributed by atoms with E-state index in [-0.39, 0.29) is 5.92 Å². The lowest BCUT2D eigenvalue weighted by Crippen LogP contribution is -2.49. The highest BCUT2D eigenvalue weighted by Crippen LogP contribution is 2.58. The van der Waals surface area contributed by atoms with Crippen molar-refractivity contribution in [3.05, 3.63) is 26.5 Å². The van der Waals surface area contributed by atoms with Crippen molar-refractivity contribution >= 4 is 0 Å². The van der Waals surface area contributed by atoms with Gasteiger partial charge in [0.05, 0.1) is 0 Å². The summed E-state index contributed by atoms with van der Waals surface area (Å²) in [5.41, 5.74) is -0.574. The van der Waals surface area contributed by atoms with Crippen molar-refractivity contribution in [3.8, 4) is 0 Å². The fourth-order valence-corrected chi connectivity index (χ4v) is 5.01. The van der Waals surface area contributed by atoms with E-state index >= 15 is 0 Å². The molecule has 0 radical (unpaired) electrons. The lowest BCUT2D eigenvalue weighted by atomic mass is 9.51. The van der Waals surface area contributed by atoms with Crippen LogP contribution in [0.1, 0.15) is 43.7 Å². The summed E-state index contributed by atoms with van der Waals surface area (Å²) < 4.78 is 0.660. The van der Waals surface area contributed by atoms with Gasteiger partial charge in [0.15, 0.2) is 0 Å². The maximum absolute atomic E-state index is 12.2. The number of aromatic amines is 1. The molecule has 4 saturated carbocycles. The largest absolute Gasteiger partial charge is 0.363 e. The fourth-order valence-electron chi connectivity index (χ4n) is 5.01. The van der Waals surface area contributed by atoms with E-state index in [1.54, 1.807) is 0 Å². The monoisotopic (exact) mass is 262 g/mol. The first-order valence-corrected chi connectivity index (χ1v) is 7.10. The summed E-state index contributed by atoms with van der Waals surface area (Å²) in [5, 5.41) is 6.38. The number of nitrogens with zero attached hydrogens (tertiary/aromatic N) is 2. The quantitative estimate of drug-likeness (QED) is 0.706. The van der Waals surface area contributed by atoms with Gasteiger partial charge >= 0.3 is 5.69 Å². The van der Waals surface area contributed by atoms with Crippen LogP contribution in [0.5, 0.6) is 0 Å². The first-order valence-electron chi connectivity index (χ1n) is 7.10. The minimum Gasteiger partial charge on any atom is -0.332 e. The minimum atomic E-state index is -0.641. The zero-order valence-corrected chi connectivity index (χ0v) is 10.7. The van der Waals surface area contributed by atoms with Crippen molar-refractivity contribution in [1.82, 2.24) is 14.9 Å². The van der Waals surface area contributed by atoms with Crippen LogP contribution in [0.25, 0.3) is 0 Å². The van der Waals surface area contributed by atoms with Crippen LogP contribution in [0, 0.1) is 23.7 Å². The summed E-state index contributed by atoms with van der Waals surface area (Å²) in [6, 6.07) is 0. The normalized spacial score (nSPS) is 39.7. The van der Waals surface area contributed by atoms with Gasteiger partial charge in [-0.25, -0.2) is 9.89 Å². The zero-order valence-electron chi connectivity index (χ0n) is 10.7.